The SMILES string of the molecule is CN(C)c1cccc2c(S(=O)(=O)C(N)CCC[C@H](NN([C@@H](CCCCN)C(=O)O)S(=O)(=O)c3cccc4c(N(C)C)cccc34)C(=O)O)cccc12. The van der Waals surface area contributed by atoms with Gasteiger partial charge in [-0.3, -0.25) is 9.59 Å². The molecule has 4 aromatic carbocycles. The van der Waals surface area contributed by atoms with Crippen molar-refractivity contribution in [3.8, 4) is 0 Å². The Labute approximate surface area is 304 Å². The van der Waals surface area contributed by atoms with Crippen molar-refractivity contribution in [3.05, 3.63) is 72.8 Å². The van der Waals surface area contributed by atoms with Crippen LogP contribution in [0.3, 0.4) is 0 Å². The van der Waals surface area contributed by atoms with E-state index in [4.69, 9.17) is 11.5 Å². The van der Waals surface area contributed by atoms with Crippen LogP contribution in [-0.4, -0.2) is 95.6 Å². The third-order valence-electron chi connectivity index (χ3n) is 8.99. The normalized spacial score (nSPS) is 14.0. The number of nitrogens with zero attached hydrogens (tertiary/aromatic N) is 3. The zero-order valence-electron chi connectivity index (χ0n) is 29.8. The monoisotopic (exact) mass is 756 g/mol. The number of hydrogen-bond acceptors (Lipinski definition) is 11. The van der Waals surface area contributed by atoms with Crippen molar-refractivity contribution in [1.29, 1.82) is 0 Å². The minimum Gasteiger partial charge on any atom is -0.480 e. The first kappa shape index (κ1) is 40.5. The molecular formula is C36H48N6O8S2. The number of hydrazine groups is 1. The molecule has 0 amide bonds. The molecule has 14 nitrogen and oxygen atoms in total. The van der Waals surface area contributed by atoms with Crippen molar-refractivity contribution in [2.24, 2.45) is 11.5 Å². The summed E-state index contributed by atoms with van der Waals surface area (Å²) in [6, 6.07) is 16.7. The van der Waals surface area contributed by atoms with Gasteiger partial charge in [0.05, 0.1) is 9.79 Å². The molecule has 7 N–H and O–H groups in total. The Morgan fingerprint density at radius 2 is 1.17 bits per heavy atom. The smallest absolute Gasteiger partial charge is 0.323 e. The first-order valence-corrected chi connectivity index (χ1v) is 19.9. The molecular weight excluding hydrogens is 709 g/mol. The molecule has 0 aliphatic rings. The van der Waals surface area contributed by atoms with Crippen LogP contribution in [0.4, 0.5) is 11.4 Å². The highest BCUT2D eigenvalue weighted by atomic mass is 32.2. The van der Waals surface area contributed by atoms with Gasteiger partial charge in [-0.1, -0.05) is 48.5 Å². The number of carbonyl (C=O) groups is 2. The average molecular weight is 757 g/mol. The van der Waals surface area contributed by atoms with E-state index in [1.807, 2.05) is 42.1 Å². The quantitative estimate of drug-likeness (QED) is 0.0684. The molecule has 0 heterocycles. The van der Waals surface area contributed by atoms with E-state index >= 15 is 0 Å². The molecule has 0 bridgehead atoms. The number of sulfone groups is 1. The van der Waals surface area contributed by atoms with Crippen LogP contribution in [0.2, 0.25) is 0 Å². The van der Waals surface area contributed by atoms with Gasteiger partial charge < -0.3 is 31.5 Å². The molecule has 0 saturated heterocycles. The second-order valence-corrected chi connectivity index (χ2v) is 16.9. The number of aliphatic carboxylic acids is 2. The molecule has 16 heteroatoms. The summed E-state index contributed by atoms with van der Waals surface area (Å²) >= 11 is 0. The zero-order chi connectivity index (χ0) is 38.4. The maximum atomic E-state index is 14.5. The number of rotatable bonds is 19. The Morgan fingerprint density at radius 1 is 0.673 bits per heavy atom. The summed E-state index contributed by atoms with van der Waals surface area (Å²) < 4.78 is 56.9. The number of nitrogens with two attached hydrogens (primary N) is 2. The van der Waals surface area contributed by atoms with Crippen molar-refractivity contribution < 1.29 is 36.6 Å². The van der Waals surface area contributed by atoms with Gasteiger partial charge >= 0.3 is 11.9 Å². The molecule has 1 unspecified atom stereocenters. The average Bonchev–Trinajstić information content (AvgIpc) is 3.10. The number of benzene rings is 4. The fourth-order valence-electron chi connectivity index (χ4n) is 6.28. The Morgan fingerprint density at radius 3 is 1.67 bits per heavy atom. The summed E-state index contributed by atoms with van der Waals surface area (Å²) in [5, 5.41) is 21.3. The third-order valence-corrected chi connectivity index (χ3v) is 12.8. The zero-order valence-corrected chi connectivity index (χ0v) is 31.4. The molecule has 4 rings (SSSR count). The number of carboxylic acid groups (broad SMARTS) is 2. The molecule has 0 spiro atoms. The van der Waals surface area contributed by atoms with Gasteiger partial charge in [-0.2, -0.15) is 0 Å². The van der Waals surface area contributed by atoms with Gasteiger partial charge in [-0.15, -0.1) is 4.41 Å². The first-order chi connectivity index (χ1) is 24.5. The maximum Gasteiger partial charge on any atom is 0.323 e. The number of carboxylic acids is 2. The summed E-state index contributed by atoms with van der Waals surface area (Å²) in [4.78, 5) is 28.8. The van der Waals surface area contributed by atoms with Gasteiger partial charge in [0, 0.05) is 61.1 Å². The molecule has 0 aromatic heterocycles. The molecule has 0 aliphatic heterocycles. The Balaban J connectivity index is 1.65. The largest absolute Gasteiger partial charge is 0.480 e. The molecule has 0 fully saturated rings. The summed E-state index contributed by atoms with van der Waals surface area (Å²) in [5.41, 5.74) is 15.9. The Kier molecular flexibility index (Phi) is 13.2. The highest BCUT2D eigenvalue weighted by Crippen LogP contribution is 2.34. The fraction of sp³-hybridized carbons (Fsp3) is 0.389. The highest BCUT2D eigenvalue weighted by Gasteiger charge is 2.39. The van der Waals surface area contributed by atoms with Gasteiger partial charge in [0.25, 0.3) is 10.0 Å². The Bertz CT molecular complexity index is 2130. The van der Waals surface area contributed by atoms with Gasteiger partial charge in [0.1, 0.15) is 17.5 Å². The lowest BCUT2D eigenvalue weighted by molar-refractivity contribution is -0.146. The van der Waals surface area contributed by atoms with E-state index in [-0.39, 0.29) is 48.4 Å². The molecule has 0 saturated carbocycles. The van der Waals surface area contributed by atoms with E-state index in [1.54, 1.807) is 56.6 Å². The van der Waals surface area contributed by atoms with Crippen LogP contribution in [0.1, 0.15) is 38.5 Å². The van der Waals surface area contributed by atoms with E-state index in [0.717, 1.165) is 16.8 Å². The molecule has 282 valence electrons. The first-order valence-electron chi connectivity index (χ1n) is 16.9. The van der Waals surface area contributed by atoms with Crippen LogP contribution in [-0.2, 0) is 29.4 Å². The van der Waals surface area contributed by atoms with Crippen molar-refractivity contribution in [2.45, 2.75) is 65.8 Å². The van der Waals surface area contributed by atoms with Crippen LogP contribution < -0.4 is 26.7 Å². The molecule has 0 radical (unpaired) electrons. The van der Waals surface area contributed by atoms with E-state index in [2.05, 4.69) is 5.43 Å². The number of fused-ring (bicyclic) bond motifs is 2. The summed E-state index contributed by atoms with van der Waals surface area (Å²) in [5.74, 6) is -2.94. The topological polar surface area (TPSA) is 217 Å². The number of unbranched alkanes of at least 4 members (excludes halogenated alkanes) is 1. The van der Waals surface area contributed by atoms with Crippen LogP contribution in [0.25, 0.3) is 21.5 Å². The standard InChI is InChI=1S/C36H48N6O8S2/c1-40(2)29-18-7-14-26-24(29)12-9-20-32(26)51(47,48)34(38)22-11-16-28(35(43)44)39-42(31(36(45)46)17-5-6-23-37)52(49,50)33-21-10-13-25-27(33)15-8-19-30(25)41(3)4/h7-10,12-15,18-21,28,31,34,39H,5-6,11,16-17,22-23,37-38H2,1-4H3,(H,43,44)(H,45,46)/t28-,31-,34?/m0/s1. The number of hydrogen-bond donors (Lipinski definition) is 5. The summed E-state index contributed by atoms with van der Waals surface area (Å²) in [6.45, 7) is 0.250. The number of sulfonamides is 1. The summed E-state index contributed by atoms with van der Waals surface area (Å²) in [6.07, 6.45) is 0.0656. The lowest BCUT2D eigenvalue weighted by Gasteiger charge is -2.32. The minimum absolute atomic E-state index is 0.0423. The summed E-state index contributed by atoms with van der Waals surface area (Å²) in [7, 11) is -1.48. The number of nitrogens with one attached hydrogen (secondary N) is 1. The lowest BCUT2D eigenvalue weighted by atomic mass is 10.1. The van der Waals surface area contributed by atoms with Gasteiger partial charge in [0.2, 0.25) is 0 Å². The van der Waals surface area contributed by atoms with Gasteiger partial charge in [-0.05, 0) is 69.3 Å². The molecule has 4 aromatic rings. The van der Waals surface area contributed by atoms with E-state index in [1.165, 1.54) is 12.1 Å². The predicted octanol–water partition coefficient (Wildman–Crippen LogP) is 3.58. The van der Waals surface area contributed by atoms with Crippen molar-refractivity contribution >= 4 is 64.7 Å². The van der Waals surface area contributed by atoms with Gasteiger partial charge in [-0.25, -0.2) is 22.3 Å². The van der Waals surface area contributed by atoms with E-state index in [9.17, 15) is 36.6 Å². The van der Waals surface area contributed by atoms with Crippen LogP contribution in [0.15, 0.2) is 82.6 Å². The van der Waals surface area contributed by atoms with Crippen molar-refractivity contribution in [1.82, 2.24) is 9.84 Å². The van der Waals surface area contributed by atoms with Crippen LogP contribution >= 0.6 is 0 Å². The third kappa shape index (κ3) is 8.65. The molecule has 52 heavy (non-hydrogen) atoms. The van der Waals surface area contributed by atoms with Crippen molar-refractivity contribution in [2.75, 3.05) is 44.5 Å². The molecule has 3 atom stereocenters. The van der Waals surface area contributed by atoms with Gasteiger partial charge in [0.15, 0.2) is 9.84 Å². The fourth-order valence-corrected chi connectivity index (χ4v) is 9.55. The predicted molar refractivity (Wildman–Crippen MR) is 203 cm³/mol. The maximum absolute atomic E-state index is 14.5. The second-order valence-electron chi connectivity index (χ2n) is 13.0. The van der Waals surface area contributed by atoms with Crippen molar-refractivity contribution in [3.63, 3.8) is 0 Å². The van der Waals surface area contributed by atoms with Crippen LogP contribution in [0.5, 0.6) is 0 Å². The Hall–Kier alpha value is -4.32. The second kappa shape index (κ2) is 17.0. The highest BCUT2D eigenvalue weighted by molar-refractivity contribution is 7.92. The van der Waals surface area contributed by atoms with E-state index < -0.39 is 49.3 Å². The minimum atomic E-state index is -4.71. The van der Waals surface area contributed by atoms with E-state index in [0.29, 0.717) is 27.0 Å². The molecule has 0 aliphatic carbocycles. The van der Waals surface area contributed by atoms with Crippen LogP contribution in [0, 0.1) is 0 Å². The lowest BCUT2D eigenvalue weighted by Crippen LogP contribution is -2.57. The number of anilines is 2.